The summed E-state index contributed by atoms with van der Waals surface area (Å²) in [5, 5.41) is 23.0. The lowest BCUT2D eigenvalue weighted by atomic mass is 10.1. The van der Waals surface area contributed by atoms with Crippen molar-refractivity contribution in [1.82, 2.24) is 5.32 Å². The molecule has 0 bridgehead atoms. The molecule has 0 aliphatic heterocycles. The van der Waals surface area contributed by atoms with Gasteiger partial charge in [-0.25, -0.2) is 0 Å². The molecule has 2 unspecified atom stereocenters. The van der Waals surface area contributed by atoms with Crippen LogP contribution in [-0.2, 0) is 4.79 Å². The van der Waals surface area contributed by atoms with E-state index in [1.165, 1.54) is 173 Å². The van der Waals surface area contributed by atoms with Crippen molar-refractivity contribution < 1.29 is 15.0 Å². The lowest BCUT2D eigenvalue weighted by molar-refractivity contribution is -0.123. The van der Waals surface area contributed by atoms with Gasteiger partial charge in [-0.2, -0.15) is 0 Å². The average Bonchev–Trinajstić information content (AvgIpc) is 3.15. The Hall–Kier alpha value is -1.65. The highest BCUT2D eigenvalue weighted by Gasteiger charge is 2.17. The van der Waals surface area contributed by atoms with Gasteiger partial charge in [0.25, 0.3) is 0 Å². The quantitative estimate of drug-likeness (QED) is 0.0434. The van der Waals surface area contributed by atoms with Crippen LogP contribution in [-0.4, -0.2) is 34.9 Å². The molecule has 0 aromatic carbocycles. The molecule has 0 saturated heterocycles. The van der Waals surface area contributed by atoms with Gasteiger partial charge in [-0.3, -0.25) is 4.79 Å². The molecule has 0 aliphatic rings. The SMILES string of the molecule is CCCCCCCCCCC/C=C/CC/C=C/CC/C=C/C(O)C(CO)NC(=O)CCCCCCCCC/C=C\CCCCCCCCCCCC. The largest absolute Gasteiger partial charge is 0.394 e. The summed E-state index contributed by atoms with van der Waals surface area (Å²) in [6.45, 7) is 4.30. The molecule has 1 amide bonds. The number of carbonyl (C=O) groups excluding carboxylic acids is 1. The van der Waals surface area contributed by atoms with E-state index in [1.807, 2.05) is 6.08 Å². The molecule has 3 N–H and O–H groups in total. The third kappa shape index (κ3) is 39.6. The second kappa shape index (κ2) is 43.8. The van der Waals surface area contributed by atoms with Gasteiger partial charge >= 0.3 is 0 Å². The van der Waals surface area contributed by atoms with Gasteiger partial charge in [-0.15, -0.1) is 0 Å². The number of nitrogens with one attached hydrogen (secondary N) is 1. The fourth-order valence-electron chi connectivity index (χ4n) is 6.73. The molecule has 52 heavy (non-hydrogen) atoms. The number of hydrogen-bond donors (Lipinski definition) is 3. The van der Waals surface area contributed by atoms with E-state index in [9.17, 15) is 15.0 Å². The van der Waals surface area contributed by atoms with E-state index in [-0.39, 0.29) is 12.5 Å². The second-order valence-corrected chi connectivity index (χ2v) is 15.4. The number of hydrogen-bond acceptors (Lipinski definition) is 3. The zero-order chi connectivity index (χ0) is 37.8. The Morgan fingerprint density at radius 3 is 1.12 bits per heavy atom. The van der Waals surface area contributed by atoms with E-state index in [4.69, 9.17) is 0 Å². The first-order valence-electron chi connectivity index (χ1n) is 22.9. The monoisotopic (exact) mass is 728 g/mol. The third-order valence-electron chi connectivity index (χ3n) is 10.3. The van der Waals surface area contributed by atoms with Gasteiger partial charge in [0.05, 0.1) is 18.8 Å². The maximum Gasteiger partial charge on any atom is 0.220 e. The third-order valence-corrected chi connectivity index (χ3v) is 10.3. The van der Waals surface area contributed by atoms with E-state index in [2.05, 4.69) is 55.6 Å². The van der Waals surface area contributed by atoms with Crippen molar-refractivity contribution in [3.8, 4) is 0 Å². The first kappa shape index (κ1) is 50.4. The molecule has 0 spiro atoms. The summed E-state index contributed by atoms with van der Waals surface area (Å²) < 4.78 is 0. The summed E-state index contributed by atoms with van der Waals surface area (Å²) in [7, 11) is 0. The van der Waals surface area contributed by atoms with Crippen LogP contribution in [0, 0.1) is 0 Å². The van der Waals surface area contributed by atoms with E-state index in [0.29, 0.717) is 6.42 Å². The predicted octanol–water partition coefficient (Wildman–Crippen LogP) is 14.4. The smallest absolute Gasteiger partial charge is 0.220 e. The van der Waals surface area contributed by atoms with Crippen LogP contribution in [0.4, 0.5) is 0 Å². The molecule has 0 saturated carbocycles. The minimum absolute atomic E-state index is 0.0822. The maximum absolute atomic E-state index is 12.4. The zero-order valence-corrected chi connectivity index (χ0v) is 34.8. The maximum atomic E-state index is 12.4. The number of unbranched alkanes of at least 4 members (excludes halogenated alkanes) is 28. The normalized spacial score (nSPS) is 13.4. The molecular formula is C48H89NO3. The second-order valence-electron chi connectivity index (χ2n) is 15.4. The van der Waals surface area contributed by atoms with Crippen LogP contribution in [0.5, 0.6) is 0 Å². The molecule has 0 heterocycles. The van der Waals surface area contributed by atoms with Crippen molar-refractivity contribution in [3.05, 3.63) is 48.6 Å². The standard InChI is InChI=1S/C48H89NO3/c1-3-5-7-9-11-13-15-17-19-21-23-24-26-28-30-32-34-36-38-40-42-44-48(52)49-46(45-50)47(51)43-41-39-37-35-33-31-29-27-25-22-20-18-16-14-12-10-8-6-4-2/h24-27,33,35,41,43,46-47,50-51H,3-23,28-32,34,36-40,42,44-45H2,1-2H3,(H,49,52)/b26-24-,27-25+,35-33+,43-41+. The Morgan fingerprint density at radius 2 is 0.750 bits per heavy atom. The number of amides is 1. The highest BCUT2D eigenvalue weighted by molar-refractivity contribution is 5.76. The van der Waals surface area contributed by atoms with Crippen molar-refractivity contribution >= 4 is 5.91 Å². The molecule has 0 radical (unpaired) electrons. The molecule has 0 fully saturated rings. The Kier molecular flexibility index (Phi) is 42.4. The number of aliphatic hydroxyl groups is 2. The Bertz CT molecular complexity index is 831. The fraction of sp³-hybridized carbons (Fsp3) is 0.812. The van der Waals surface area contributed by atoms with Crippen LogP contribution in [0.25, 0.3) is 0 Å². The Balaban J connectivity index is 3.63. The van der Waals surface area contributed by atoms with Gasteiger partial charge in [0, 0.05) is 6.42 Å². The summed E-state index contributed by atoms with van der Waals surface area (Å²) in [5.41, 5.74) is 0. The summed E-state index contributed by atoms with van der Waals surface area (Å²) in [4.78, 5) is 12.4. The van der Waals surface area contributed by atoms with Crippen LogP contribution < -0.4 is 5.32 Å². The van der Waals surface area contributed by atoms with Crippen molar-refractivity contribution in [2.75, 3.05) is 6.61 Å². The molecule has 2 atom stereocenters. The number of rotatable bonds is 41. The molecule has 0 aliphatic carbocycles. The van der Waals surface area contributed by atoms with Crippen molar-refractivity contribution in [2.24, 2.45) is 0 Å². The lowest BCUT2D eigenvalue weighted by Crippen LogP contribution is -2.45. The minimum atomic E-state index is -0.872. The van der Waals surface area contributed by atoms with E-state index in [0.717, 1.165) is 38.5 Å². The van der Waals surface area contributed by atoms with Gasteiger partial charge in [-0.05, 0) is 70.6 Å². The van der Waals surface area contributed by atoms with E-state index in [1.54, 1.807) is 6.08 Å². The molecular weight excluding hydrogens is 639 g/mol. The Morgan fingerprint density at radius 1 is 0.442 bits per heavy atom. The predicted molar refractivity (Wildman–Crippen MR) is 230 cm³/mol. The van der Waals surface area contributed by atoms with E-state index < -0.39 is 12.1 Å². The molecule has 0 rings (SSSR count). The highest BCUT2D eigenvalue weighted by Crippen LogP contribution is 2.14. The molecule has 0 aromatic heterocycles. The summed E-state index contributed by atoms with van der Waals surface area (Å²) in [6, 6.07) is -0.648. The van der Waals surface area contributed by atoms with Gasteiger partial charge < -0.3 is 15.5 Å². The molecule has 4 heteroatoms. The first-order chi connectivity index (χ1) is 25.7. The fourth-order valence-corrected chi connectivity index (χ4v) is 6.73. The van der Waals surface area contributed by atoms with Gasteiger partial charge in [0.1, 0.15) is 0 Å². The van der Waals surface area contributed by atoms with Crippen molar-refractivity contribution in [3.63, 3.8) is 0 Å². The van der Waals surface area contributed by atoms with Gasteiger partial charge in [-0.1, -0.05) is 204 Å². The van der Waals surface area contributed by atoms with Crippen molar-refractivity contribution in [2.45, 2.75) is 244 Å². The average molecular weight is 728 g/mol. The van der Waals surface area contributed by atoms with Crippen molar-refractivity contribution in [1.29, 1.82) is 0 Å². The Labute approximate surface area is 324 Å². The molecule has 4 nitrogen and oxygen atoms in total. The van der Waals surface area contributed by atoms with Gasteiger partial charge in [0.15, 0.2) is 0 Å². The summed E-state index contributed by atoms with van der Waals surface area (Å²) in [6.07, 6.45) is 59.4. The molecule has 304 valence electrons. The van der Waals surface area contributed by atoms with Crippen LogP contribution in [0.2, 0.25) is 0 Å². The number of aliphatic hydroxyl groups excluding tert-OH is 2. The molecule has 0 aromatic rings. The lowest BCUT2D eigenvalue weighted by Gasteiger charge is -2.19. The van der Waals surface area contributed by atoms with Crippen LogP contribution in [0.15, 0.2) is 48.6 Å². The van der Waals surface area contributed by atoms with Crippen LogP contribution in [0.1, 0.15) is 232 Å². The number of allylic oxidation sites excluding steroid dienone is 7. The summed E-state index contributed by atoms with van der Waals surface area (Å²) >= 11 is 0. The topological polar surface area (TPSA) is 69.6 Å². The first-order valence-corrected chi connectivity index (χ1v) is 22.9. The van der Waals surface area contributed by atoms with Crippen LogP contribution in [0.3, 0.4) is 0 Å². The van der Waals surface area contributed by atoms with Crippen LogP contribution >= 0.6 is 0 Å². The number of carbonyl (C=O) groups is 1. The van der Waals surface area contributed by atoms with E-state index >= 15 is 0 Å². The minimum Gasteiger partial charge on any atom is -0.394 e. The van der Waals surface area contributed by atoms with Gasteiger partial charge in [0.2, 0.25) is 5.91 Å². The highest BCUT2D eigenvalue weighted by atomic mass is 16.3. The summed E-state index contributed by atoms with van der Waals surface area (Å²) in [5.74, 6) is -0.0822. The zero-order valence-electron chi connectivity index (χ0n) is 34.8.